The molecule has 0 saturated heterocycles. The molecule has 17 heavy (non-hydrogen) atoms. The van der Waals surface area contributed by atoms with Gasteiger partial charge < -0.3 is 9.84 Å². The Balaban J connectivity index is 4.28. The number of esters is 1. The van der Waals surface area contributed by atoms with Crippen LogP contribution in [-0.4, -0.2) is 24.3 Å². The van der Waals surface area contributed by atoms with Crippen LogP contribution < -0.4 is 0 Å². The number of carbonyl (C=O) groups is 1. The molecule has 0 rings (SSSR count). The molecule has 0 aromatic rings. The van der Waals surface area contributed by atoms with Gasteiger partial charge in [-0.3, -0.25) is 0 Å². The van der Waals surface area contributed by atoms with E-state index in [2.05, 4.69) is 19.9 Å². The number of ether oxygens (including phenoxy) is 1. The van der Waals surface area contributed by atoms with Crippen LogP contribution in [0.1, 0.15) is 40.5 Å². The highest BCUT2D eigenvalue weighted by atomic mass is 16.5. The van der Waals surface area contributed by atoms with Crippen molar-refractivity contribution in [3.05, 3.63) is 23.8 Å². The van der Waals surface area contributed by atoms with E-state index in [0.717, 1.165) is 6.42 Å². The molecule has 0 aliphatic carbocycles. The molecular weight excluding hydrogens is 216 g/mol. The minimum absolute atomic E-state index is 0.0799. The van der Waals surface area contributed by atoms with E-state index in [4.69, 9.17) is 9.84 Å². The van der Waals surface area contributed by atoms with Crippen molar-refractivity contribution in [3.8, 4) is 0 Å². The van der Waals surface area contributed by atoms with E-state index >= 15 is 0 Å². The van der Waals surface area contributed by atoms with Gasteiger partial charge in [0.1, 0.15) is 0 Å². The molecular formula is C14H24O3. The van der Waals surface area contributed by atoms with Crippen molar-refractivity contribution in [1.82, 2.24) is 0 Å². The van der Waals surface area contributed by atoms with Crippen molar-refractivity contribution in [3.63, 3.8) is 0 Å². The summed E-state index contributed by atoms with van der Waals surface area (Å²) in [5.74, 6) is -0.295. The van der Waals surface area contributed by atoms with Crippen molar-refractivity contribution >= 4 is 5.97 Å². The maximum Gasteiger partial charge on any atom is 0.330 e. The molecule has 0 aromatic heterocycles. The van der Waals surface area contributed by atoms with Gasteiger partial charge in [0.25, 0.3) is 0 Å². The second kappa shape index (κ2) is 8.07. The Bertz CT molecular complexity index is 288. The van der Waals surface area contributed by atoms with Crippen LogP contribution in [0.25, 0.3) is 0 Å². The van der Waals surface area contributed by atoms with E-state index in [0.29, 0.717) is 13.0 Å². The number of hydrogen-bond acceptors (Lipinski definition) is 3. The first kappa shape index (κ1) is 15.9. The summed E-state index contributed by atoms with van der Waals surface area (Å²) >= 11 is 0. The number of allylic oxidation sites excluding steroid dienone is 2. The zero-order valence-electron chi connectivity index (χ0n) is 11.3. The zero-order valence-corrected chi connectivity index (χ0v) is 11.3. The highest BCUT2D eigenvalue weighted by Gasteiger charge is 2.12. The third-order valence-electron chi connectivity index (χ3n) is 2.44. The maximum absolute atomic E-state index is 11.2. The molecule has 0 bridgehead atoms. The molecule has 3 heteroatoms. The van der Waals surface area contributed by atoms with E-state index in [1.807, 2.05) is 13.0 Å². The Kier molecular flexibility index (Phi) is 7.55. The van der Waals surface area contributed by atoms with Crippen LogP contribution >= 0.6 is 0 Å². The number of aliphatic hydroxyl groups is 1. The second-order valence-electron chi connectivity index (χ2n) is 4.80. The van der Waals surface area contributed by atoms with Crippen molar-refractivity contribution in [1.29, 1.82) is 0 Å². The molecule has 3 nitrogen and oxygen atoms in total. The minimum Gasteiger partial charge on any atom is -0.463 e. The van der Waals surface area contributed by atoms with Crippen LogP contribution in [0.4, 0.5) is 0 Å². The number of aliphatic hydroxyl groups excluding tert-OH is 1. The van der Waals surface area contributed by atoms with Gasteiger partial charge >= 0.3 is 5.97 Å². The van der Waals surface area contributed by atoms with Crippen LogP contribution in [0.2, 0.25) is 0 Å². The third-order valence-corrected chi connectivity index (χ3v) is 2.44. The first-order valence-corrected chi connectivity index (χ1v) is 6.03. The molecule has 0 aliphatic heterocycles. The third kappa shape index (κ3) is 8.69. The van der Waals surface area contributed by atoms with Gasteiger partial charge in [-0.15, -0.1) is 0 Å². The van der Waals surface area contributed by atoms with Crippen LogP contribution in [0.15, 0.2) is 23.8 Å². The largest absolute Gasteiger partial charge is 0.463 e. The fourth-order valence-electron chi connectivity index (χ4n) is 1.27. The molecule has 0 spiro atoms. The Labute approximate surface area is 104 Å². The molecule has 0 saturated carbocycles. The Hall–Kier alpha value is -1.09. The summed E-state index contributed by atoms with van der Waals surface area (Å²) in [6, 6.07) is 0. The molecule has 0 radical (unpaired) electrons. The smallest absolute Gasteiger partial charge is 0.330 e. The fraction of sp³-hybridized carbons (Fsp3) is 0.643. The lowest BCUT2D eigenvalue weighted by atomic mass is 9.88. The van der Waals surface area contributed by atoms with Gasteiger partial charge in [-0.25, -0.2) is 4.79 Å². The summed E-state index contributed by atoms with van der Waals surface area (Å²) in [6.07, 6.45) is 7.00. The Morgan fingerprint density at radius 3 is 2.59 bits per heavy atom. The fourth-order valence-corrected chi connectivity index (χ4v) is 1.27. The SMILES string of the molecule is CCOC(=O)/C=C/C(C)(C)C/C=C(\C)CCO. The quantitative estimate of drug-likeness (QED) is 0.423. The van der Waals surface area contributed by atoms with Crippen molar-refractivity contribution in [2.45, 2.75) is 40.5 Å². The van der Waals surface area contributed by atoms with Gasteiger partial charge in [0.15, 0.2) is 0 Å². The number of hydrogen-bond donors (Lipinski definition) is 1. The standard InChI is InChI=1S/C14H24O3/c1-5-17-13(16)7-10-14(3,4)9-6-12(2)8-11-15/h6-7,10,15H,5,8-9,11H2,1-4H3/b10-7+,12-6+. The topological polar surface area (TPSA) is 46.5 Å². The number of rotatable bonds is 7. The average molecular weight is 240 g/mol. The predicted octanol–water partition coefficient (Wildman–Crippen LogP) is 2.85. The summed E-state index contributed by atoms with van der Waals surface area (Å²) in [7, 11) is 0. The van der Waals surface area contributed by atoms with Gasteiger partial charge in [-0.1, -0.05) is 31.6 Å². The average Bonchev–Trinajstić information content (AvgIpc) is 2.25. The van der Waals surface area contributed by atoms with Gasteiger partial charge in [0.2, 0.25) is 0 Å². The molecule has 0 heterocycles. The van der Waals surface area contributed by atoms with Crippen LogP contribution in [0, 0.1) is 5.41 Å². The van der Waals surface area contributed by atoms with E-state index < -0.39 is 0 Å². The first-order chi connectivity index (χ1) is 7.91. The summed E-state index contributed by atoms with van der Waals surface area (Å²) in [5, 5.41) is 8.79. The maximum atomic E-state index is 11.2. The molecule has 0 fully saturated rings. The predicted molar refractivity (Wildman–Crippen MR) is 69.6 cm³/mol. The Morgan fingerprint density at radius 1 is 1.41 bits per heavy atom. The lowest BCUT2D eigenvalue weighted by molar-refractivity contribution is -0.137. The van der Waals surface area contributed by atoms with E-state index in [1.165, 1.54) is 11.6 Å². The summed E-state index contributed by atoms with van der Waals surface area (Å²) < 4.78 is 4.83. The van der Waals surface area contributed by atoms with Gasteiger partial charge in [0, 0.05) is 12.7 Å². The Morgan fingerprint density at radius 2 is 2.06 bits per heavy atom. The molecule has 1 N–H and O–H groups in total. The monoisotopic (exact) mass is 240 g/mol. The first-order valence-electron chi connectivity index (χ1n) is 6.03. The summed E-state index contributed by atoms with van der Waals surface area (Å²) in [5.41, 5.74) is 1.09. The van der Waals surface area contributed by atoms with Crippen LogP contribution in [0.3, 0.4) is 0 Å². The molecule has 0 unspecified atom stereocenters. The van der Waals surface area contributed by atoms with Crippen molar-refractivity contribution in [2.24, 2.45) is 5.41 Å². The molecule has 0 aromatic carbocycles. The number of carbonyl (C=O) groups excluding carboxylic acids is 1. The molecule has 0 aliphatic rings. The van der Waals surface area contributed by atoms with Crippen LogP contribution in [0.5, 0.6) is 0 Å². The van der Waals surface area contributed by atoms with E-state index in [9.17, 15) is 4.79 Å². The highest BCUT2D eigenvalue weighted by molar-refractivity contribution is 5.81. The zero-order chi connectivity index (χ0) is 13.3. The van der Waals surface area contributed by atoms with Crippen molar-refractivity contribution < 1.29 is 14.6 Å². The molecule has 0 amide bonds. The van der Waals surface area contributed by atoms with Crippen LogP contribution in [-0.2, 0) is 9.53 Å². The van der Waals surface area contributed by atoms with Gasteiger partial charge in [0.05, 0.1) is 6.61 Å². The summed E-state index contributed by atoms with van der Waals surface area (Å²) in [4.78, 5) is 11.2. The highest BCUT2D eigenvalue weighted by Crippen LogP contribution is 2.23. The lowest BCUT2D eigenvalue weighted by Gasteiger charge is -2.18. The minimum atomic E-state index is -0.295. The molecule has 0 atom stereocenters. The lowest BCUT2D eigenvalue weighted by Crippen LogP contribution is -2.08. The van der Waals surface area contributed by atoms with E-state index in [-0.39, 0.29) is 18.0 Å². The van der Waals surface area contributed by atoms with Gasteiger partial charge in [-0.2, -0.15) is 0 Å². The van der Waals surface area contributed by atoms with Crippen molar-refractivity contribution in [2.75, 3.05) is 13.2 Å². The second-order valence-corrected chi connectivity index (χ2v) is 4.80. The summed E-state index contributed by atoms with van der Waals surface area (Å²) in [6.45, 7) is 8.50. The normalized spacial score (nSPS) is 13.1. The van der Waals surface area contributed by atoms with Gasteiger partial charge in [-0.05, 0) is 32.1 Å². The van der Waals surface area contributed by atoms with E-state index in [1.54, 1.807) is 6.92 Å². The molecule has 98 valence electrons.